The molecule has 0 aliphatic heterocycles. The van der Waals surface area contributed by atoms with Gasteiger partial charge in [0.1, 0.15) is 5.75 Å². The summed E-state index contributed by atoms with van der Waals surface area (Å²) < 4.78 is 31.7. The summed E-state index contributed by atoms with van der Waals surface area (Å²) >= 11 is 12.2. The second-order valence-electron chi connectivity index (χ2n) is 4.15. The summed E-state index contributed by atoms with van der Waals surface area (Å²) in [6.45, 7) is 2.46. The molecule has 1 atom stereocenters. The largest absolute Gasteiger partial charge is 0.494 e. The number of alkyl halides is 1. The minimum absolute atomic E-state index is 0.0952. The number of hydrogen-bond acceptors (Lipinski definition) is 1. The lowest BCUT2D eigenvalue weighted by atomic mass is 10.0. The zero-order valence-electron chi connectivity index (χ0n) is 10.7. The van der Waals surface area contributed by atoms with Gasteiger partial charge >= 0.3 is 0 Å². The van der Waals surface area contributed by atoms with Gasteiger partial charge in [-0.25, -0.2) is 8.78 Å². The monoisotopic (exact) mass is 316 g/mol. The van der Waals surface area contributed by atoms with E-state index in [0.717, 1.165) is 23.4 Å². The molecular formula is C15H12Cl2F2O. The fraction of sp³-hybridized carbons (Fsp3) is 0.200. The fourth-order valence-electron chi connectivity index (χ4n) is 1.81. The van der Waals surface area contributed by atoms with Gasteiger partial charge in [0, 0.05) is 5.02 Å². The molecule has 0 aliphatic rings. The molecule has 0 saturated carbocycles. The van der Waals surface area contributed by atoms with Crippen LogP contribution in [0.4, 0.5) is 8.78 Å². The van der Waals surface area contributed by atoms with E-state index in [1.165, 1.54) is 0 Å². The van der Waals surface area contributed by atoms with E-state index in [1.54, 1.807) is 24.3 Å². The van der Waals surface area contributed by atoms with Crippen LogP contribution in [-0.4, -0.2) is 6.61 Å². The van der Waals surface area contributed by atoms with Crippen LogP contribution in [0, 0.1) is 11.6 Å². The highest BCUT2D eigenvalue weighted by Crippen LogP contribution is 2.35. The molecule has 106 valence electrons. The van der Waals surface area contributed by atoms with Gasteiger partial charge in [-0.3, -0.25) is 0 Å². The quantitative estimate of drug-likeness (QED) is 0.546. The summed E-state index contributed by atoms with van der Waals surface area (Å²) in [5.41, 5.74) is 1.06. The van der Waals surface area contributed by atoms with Gasteiger partial charge in [0.2, 0.25) is 0 Å². The van der Waals surface area contributed by atoms with Crippen LogP contribution in [0.5, 0.6) is 5.75 Å². The fourth-order valence-corrected chi connectivity index (χ4v) is 2.45. The standard InChI is InChI=1S/C15H12Cl2F2O/c1-2-20-10-5-3-9(4-6-10)15(17)11-7-13(18)14(19)8-12(11)16/h3-8,15H,2H2,1H3. The Morgan fingerprint density at radius 1 is 1.10 bits per heavy atom. The summed E-state index contributed by atoms with van der Waals surface area (Å²) in [7, 11) is 0. The first-order valence-electron chi connectivity index (χ1n) is 6.04. The Hall–Kier alpha value is -1.32. The predicted octanol–water partition coefficient (Wildman–Crippen LogP) is 5.35. The van der Waals surface area contributed by atoms with Crippen molar-refractivity contribution >= 4 is 23.2 Å². The molecule has 0 bridgehead atoms. The van der Waals surface area contributed by atoms with Gasteiger partial charge in [0.15, 0.2) is 11.6 Å². The molecule has 0 saturated heterocycles. The minimum Gasteiger partial charge on any atom is -0.494 e. The Morgan fingerprint density at radius 3 is 2.30 bits per heavy atom. The molecule has 0 heterocycles. The molecule has 5 heteroatoms. The molecule has 0 radical (unpaired) electrons. The van der Waals surface area contributed by atoms with Crippen molar-refractivity contribution < 1.29 is 13.5 Å². The second kappa shape index (κ2) is 6.42. The van der Waals surface area contributed by atoms with Crippen molar-refractivity contribution in [3.63, 3.8) is 0 Å². The van der Waals surface area contributed by atoms with E-state index in [0.29, 0.717) is 12.2 Å². The highest BCUT2D eigenvalue weighted by molar-refractivity contribution is 6.33. The number of halogens is 4. The first kappa shape index (κ1) is 15.1. The van der Waals surface area contributed by atoms with Crippen molar-refractivity contribution in [2.75, 3.05) is 6.61 Å². The number of hydrogen-bond donors (Lipinski definition) is 0. The first-order valence-corrected chi connectivity index (χ1v) is 6.85. The van der Waals surface area contributed by atoms with Crippen molar-refractivity contribution in [1.82, 2.24) is 0 Å². The maximum atomic E-state index is 13.3. The Morgan fingerprint density at radius 2 is 1.70 bits per heavy atom. The lowest BCUT2D eigenvalue weighted by Gasteiger charge is -2.13. The molecule has 0 aromatic heterocycles. The van der Waals surface area contributed by atoms with E-state index in [2.05, 4.69) is 0 Å². The van der Waals surface area contributed by atoms with Crippen LogP contribution in [0.25, 0.3) is 0 Å². The Balaban J connectivity index is 2.31. The number of rotatable bonds is 4. The third kappa shape index (κ3) is 3.22. The Labute approximate surface area is 126 Å². The summed E-state index contributed by atoms with van der Waals surface area (Å²) in [4.78, 5) is 0. The van der Waals surface area contributed by atoms with Gasteiger partial charge < -0.3 is 4.74 Å². The molecule has 0 fully saturated rings. The molecule has 2 aromatic rings. The van der Waals surface area contributed by atoms with Crippen molar-refractivity contribution in [2.24, 2.45) is 0 Å². The van der Waals surface area contributed by atoms with Crippen molar-refractivity contribution in [1.29, 1.82) is 0 Å². The molecule has 0 N–H and O–H groups in total. The molecule has 1 nitrogen and oxygen atoms in total. The molecule has 2 aromatic carbocycles. The van der Waals surface area contributed by atoms with Gasteiger partial charge in [-0.2, -0.15) is 0 Å². The lowest BCUT2D eigenvalue weighted by Crippen LogP contribution is -1.98. The summed E-state index contributed by atoms with van der Waals surface area (Å²) in [6.07, 6.45) is 0. The van der Waals surface area contributed by atoms with Crippen LogP contribution in [0.3, 0.4) is 0 Å². The molecular weight excluding hydrogens is 305 g/mol. The smallest absolute Gasteiger partial charge is 0.160 e. The van der Waals surface area contributed by atoms with E-state index in [-0.39, 0.29) is 5.02 Å². The van der Waals surface area contributed by atoms with Crippen molar-refractivity contribution in [2.45, 2.75) is 12.3 Å². The molecule has 0 amide bonds. The highest BCUT2D eigenvalue weighted by atomic mass is 35.5. The van der Waals surface area contributed by atoms with Gasteiger partial charge in [-0.1, -0.05) is 23.7 Å². The third-order valence-electron chi connectivity index (χ3n) is 2.80. The van der Waals surface area contributed by atoms with Crippen molar-refractivity contribution in [3.8, 4) is 5.75 Å². The van der Waals surface area contributed by atoms with Crippen LogP contribution in [0.1, 0.15) is 23.4 Å². The van der Waals surface area contributed by atoms with E-state index >= 15 is 0 Å². The van der Waals surface area contributed by atoms with Crippen LogP contribution >= 0.6 is 23.2 Å². The SMILES string of the molecule is CCOc1ccc(C(Cl)c2cc(F)c(F)cc2Cl)cc1. The first-order chi connectivity index (χ1) is 9.52. The van der Waals surface area contributed by atoms with E-state index in [4.69, 9.17) is 27.9 Å². The molecule has 0 aliphatic carbocycles. The summed E-state index contributed by atoms with van der Waals surface area (Å²) in [6, 6.07) is 9.01. The van der Waals surface area contributed by atoms with Crippen molar-refractivity contribution in [3.05, 3.63) is 64.2 Å². The number of ether oxygens (including phenoxy) is 1. The average Bonchev–Trinajstić information content (AvgIpc) is 2.43. The van der Waals surface area contributed by atoms with Crippen LogP contribution in [0.15, 0.2) is 36.4 Å². The maximum Gasteiger partial charge on any atom is 0.160 e. The Bertz CT molecular complexity index is 600. The zero-order chi connectivity index (χ0) is 14.7. The maximum absolute atomic E-state index is 13.3. The van der Waals surface area contributed by atoms with Crippen LogP contribution in [0.2, 0.25) is 5.02 Å². The van der Waals surface area contributed by atoms with E-state index in [9.17, 15) is 8.78 Å². The highest BCUT2D eigenvalue weighted by Gasteiger charge is 2.17. The normalized spacial score (nSPS) is 12.2. The number of benzene rings is 2. The third-order valence-corrected chi connectivity index (χ3v) is 3.61. The summed E-state index contributed by atoms with van der Waals surface area (Å²) in [5, 5.41) is -0.564. The molecule has 2 rings (SSSR count). The van der Waals surface area contributed by atoms with Gasteiger partial charge in [0.25, 0.3) is 0 Å². The van der Waals surface area contributed by atoms with Gasteiger partial charge in [-0.15, -0.1) is 11.6 Å². The predicted molar refractivity (Wildman–Crippen MR) is 76.7 cm³/mol. The van der Waals surface area contributed by atoms with Gasteiger partial charge in [-0.05, 0) is 42.3 Å². The molecule has 1 unspecified atom stereocenters. The van der Waals surface area contributed by atoms with Crippen LogP contribution in [-0.2, 0) is 0 Å². The molecule has 20 heavy (non-hydrogen) atoms. The topological polar surface area (TPSA) is 9.23 Å². The van der Waals surface area contributed by atoms with Gasteiger partial charge in [0.05, 0.1) is 12.0 Å². The average molecular weight is 317 g/mol. The van der Waals surface area contributed by atoms with E-state index in [1.807, 2.05) is 6.92 Å². The Kier molecular flexibility index (Phi) is 4.84. The second-order valence-corrected chi connectivity index (χ2v) is 5.00. The summed E-state index contributed by atoms with van der Waals surface area (Å²) in [5.74, 6) is -1.24. The van der Waals surface area contributed by atoms with Crippen LogP contribution < -0.4 is 4.74 Å². The minimum atomic E-state index is -0.991. The lowest BCUT2D eigenvalue weighted by molar-refractivity contribution is 0.340. The molecule has 0 spiro atoms. The zero-order valence-corrected chi connectivity index (χ0v) is 12.2. The van der Waals surface area contributed by atoms with E-state index < -0.39 is 17.0 Å².